The lowest BCUT2D eigenvalue weighted by Gasteiger charge is -2.20. The van der Waals surface area contributed by atoms with E-state index in [9.17, 15) is 0 Å². The molecule has 0 unspecified atom stereocenters. The Hall–Kier alpha value is -1.27. The van der Waals surface area contributed by atoms with Gasteiger partial charge >= 0.3 is 0 Å². The van der Waals surface area contributed by atoms with Gasteiger partial charge in [0.05, 0.1) is 6.61 Å². The van der Waals surface area contributed by atoms with Crippen molar-refractivity contribution in [1.29, 1.82) is 0 Å². The fourth-order valence-electron chi connectivity index (χ4n) is 1.48. The number of benzene rings is 1. The van der Waals surface area contributed by atoms with Crippen LogP contribution < -0.4 is 10.6 Å². The standard InChI is InChI=1S/C12H18BrN3O2/c1-3-18-7-6-16(2)9-4-5-10(11(13)8-9)12(14)15-17/h4-5,8,17H,3,6-7H2,1-2H3,(H2,14,15). The molecule has 0 aliphatic heterocycles. The highest BCUT2D eigenvalue weighted by molar-refractivity contribution is 9.10. The first-order valence-electron chi connectivity index (χ1n) is 5.66. The van der Waals surface area contributed by atoms with Crippen molar-refractivity contribution in [2.75, 3.05) is 31.7 Å². The summed E-state index contributed by atoms with van der Waals surface area (Å²) in [6, 6.07) is 5.66. The van der Waals surface area contributed by atoms with Gasteiger partial charge in [-0.15, -0.1) is 0 Å². The van der Waals surface area contributed by atoms with Crippen LogP contribution in [0.5, 0.6) is 0 Å². The quantitative estimate of drug-likeness (QED) is 0.277. The van der Waals surface area contributed by atoms with Gasteiger partial charge in [-0.3, -0.25) is 0 Å². The van der Waals surface area contributed by atoms with E-state index in [0.29, 0.717) is 12.2 Å². The summed E-state index contributed by atoms with van der Waals surface area (Å²) in [7, 11) is 1.99. The Bertz CT molecular complexity index is 424. The summed E-state index contributed by atoms with van der Waals surface area (Å²) >= 11 is 3.41. The minimum atomic E-state index is 0.0883. The number of hydrogen-bond acceptors (Lipinski definition) is 4. The number of nitrogens with two attached hydrogens (primary N) is 1. The van der Waals surface area contributed by atoms with Crippen molar-refractivity contribution in [3.8, 4) is 0 Å². The van der Waals surface area contributed by atoms with Crippen molar-refractivity contribution >= 4 is 27.5 Å². The molecule has 5 nitrogen and oxygen atoms in total. The highest BCUT2D eigenvalue weighted by Gasteiger charge is 2.08. The van der Waals surface area contributed by atoms with Crippen LogP contribution in [-0.2, 0) is 4.74 Å². The third kappa shape index (κ3) is 3.89. The molecule has 1 aromatic rings. The molecule has 3 N–H and O–H groups in total. The van der Waals surface area contributed by atoms with Crippen molar-refractivity contribution in [1.82, 2.24) is 0 Å². The van der Waals surface area contributed by atoms with E-state index in [1.54, 1.807) is 0 Å². The van der Waals surface area contributed by atoms with Gasteiger partial charge in [0.15, 0.2) is 5.84 Å². The zero-order valence-electron chi connectivity index (χ0n) is 10.6. The maximum absolute atomic E-state index is 8.65. The molecule has 0 spiro atoms. The second-order valence-electron chi connectivity index (χ2n) is 3.77. The van der Waals surface area contributed by atoms with Crippen molar-refractivity contribution in [2.45, 2.75) is 6.92 Å². The molecule has 0 aromatic heterocycles. The number of amidine groups is 1. The van der Waals surface area contributed by atoms with Gasteiger partial charge in [0, 0.05) is 35.9 Å². The Morgan fingerprint density at radius 2 is 2.28 bits per heavy atom. The van der Waals surface area contributed by atoms with E-state index in [0.717, 1.165) is 23.3 Å². The Morgan fingerprint density at radius 3 is 2.83 bits per heavy atom. The minimum Gasteiger partial charge on any atom is -0.409 e. The van der Waals surface area contributed by atoms with Crippen LogP contribution in [0.2, 0.25) is 0 Å². The third-order valence-corrected chi connectivity index (χ3v) is 3.21. The summed E-state index contributed by atoms with van der Waals surface area (Å²) < 4.78 is 6.10. The number of ether oxygens (including phenoxy) is 1. The fourth-order valence-corrected chi connectivity index (χ4v) is 2.05. The first-order chi connectivity index (χ1) is 8.60. The molecule has 0 fully saturated rings. The fraction of sp³-hybridized carbons (Fsp3) is 0.417. The lowest BCUT2D eigenvalue weighted by molar-refractivity contribution is 0.154. The summed E-state index contributed by atoms with van der Waals surface area (Å²) in [5.74, 6) is 0.0883. The summed E-state index contributed by atoms with van der Waals surface area (Å²) in [4.78, 5) is 2.08. The van der Waals surface area contributed by atoms with Gasteiger partial charge in [-0.2, -0.15) is 0 Å². The summed E-state index contributed by atoms with van der Waals surface area (Å²) in [6.07, 6.45) is 0. The molecule has 0 radical (unpaired) electrons. The molecule has 0 aliphatic rings. The molecule has 0 saturated heterocycles. The van der Waals surface area contributed by atoms with E-state index in [1.165, 1.54) is 0 Å². The van der Waals surface area contributed by atoms with E-state index in [-0.39, 0.29) is 5.84 Å². The maximum atomic E-state index is 8.65. The SMILES string of the molecule is CCOCCN(C)c1ccc(/C(N)=N/O)c(Br)c1. The minimum absolute atomic E-state index is 0.0883. The highest BCUT2D eigenvalue weighted by Crippen LogP contribution is 2.23. The van der Waals surface area contributed by atoms with Gasteiger partial charge in [-0.05, 0) is 41.1 Å². The molecule has 0 bridgehead atoms. The van der Waals surface area contributed by atoms with Crippen LogP contribution in [0.4, 0.5) is 5.69 Å². The normalized spacial score (nSPS) is 11.6. The second-order valence-corrected chi connectivity index (χ2v) is 4.62. The van der Waals surface area contributed by atoms with Gasteiger partial charge in [0.2, 0.25) is 0 Å². The lowest BCUT2D eigenvalue weighted by atomic mass is 10.2. The molecule has 1 rings (SSSR count). The zero-order valence-corrected chi connectivity index (χ0v) is 12.1. The number of hydrogen-bond donors (Lipinski definition) is 2. The molecular weight excluding hydrogens is 298 g/mol. The van der Waals surface area contributed by atoms with Crippen molar-refractivity contribution in [3.63, 3.8) is 0 Å². The molecular formula is C12H18BrN3O2. The van der Waals surface area contributed by atoms with Crippen LogP contribution in [-0.4, -0.2) is 37.8 Å². The first kappa shape index (κ1) is 14.8. The van der Waals surface area contributed by atoms with Crippen LogP contribution in [0.1, 0.15) is 12.5 Å². The van der Waals surface area contributed by atoms with Gasteiger partial charge in [0.25, 0.3) is 0 Å². The topological polar surface area (TPSA) is 71.1 Å². The Kier molecular flexibility index (Phi) is 5.94. The van der Waals surface area contributed by atoms with Crippen molar-refractivity contribution < 1.29 is 9.94 Å². The predicted octanol–water partition coefficient (Wildman–Crippen LogP) is 2.02. The molecule has 0 amide bonds. The number of halogens is 1. The average Bonchev–Trinajstić information content (AvgIpc) is 2.38. The number of nitrogens with zero attached hydrogens (tertiary/aromatic N) is 2. The van der Waals surface area contributed by atoms with Crippen molar-refractivity contribution in [3.05, 3.63) is 28.2 Å². The van der Waals surface area contributed by atoms with Crippen molar-refractivity contribution in [2.24, 2.45) is 10.9 Å². The Labute approximate surface area is 115 Å². The molecule has 0 aliphatic carbocycles. The van der Waals surface area contributed by atoms with E-state index >= 15 is 0 Å². The average molecular weight is 316 g/mol. The van der Waals surface area contributed by atoms with E-state index < -0.39 is 0 Å². The van der Waals surface area contributed by atoms with Gasteiger partial charge in [-0.25, -0.2) is 0 Å². The lowest BCUT2D eigenvalue weighted by Crippen LogP contribution is -2.23. The Balaban J connectivity index is 2.77. The second kappa shape index (κ2) is 7.23. The summed E-state index contributed by atoms with van der Waals surface area (Å²) in [6.45, 7) is 4.19. The van der Waals surface area contributed by atoms with Crippen LogP contribution >= 0.6 is 15.9 Å². The summed E-state index contributed by atoms with van der Waals surface area (Å²) in [5.41, 5.74) is 7.26. The van der Waals surface area contributed by atoms with Gasteiger partial charge in [0.1, 0.15) is 0 Å². The smallest absolute Gasteiger partial charge is 0.171 e. The third-order valence-electron chi connectivity index (χ3n) is 2.55. The summed E-state index contributed by atoms with van der Waals surface area (Å²) in [5, 5.41) is 11.6. The molecule has 100 valence electrons. The molecule has 1 aromatic carbocycles. The van der Waals surface area contributed by atoms with E-state index in [1.807, 2.05) is 32.2 Å². The Morgan fingerprint density at radius 1 is 1.56 bits per heavy atom. The largest absolute Gasteiger partial charge is 0.409 e. The van der Waals surface area contributed by atoms with Crippen LogP contribution in [0.25, 0.3) is 0 Å². The van der Waals surface area contributed by atoms with Gasteiger partial charge in [-0.1, -0.05) is 5.16 Å². The van der Waals surface area contributed by atoms with Crippen LogP contribution in [0.15, 0.2) is 27.8 Å². The zero-order chi connectivity index (χ0) is 13.5. The van der Waals surface area contributed by atoms with E-state index in [2.05, 4.69) is 26.0 Å². The first-order valence-corrected chi connectivity index (χ1v) is 6.45. The maximum Gasteiger partial charge on any atom is 0.171 e. The van der Waals surface area contributed by atoms with Crippen LogP contribution in [0.3, 0.4) is 0 Å². The number of anilines is 1. The van der Waals surface area contributed by atoms with Crippen LogP contribution in [0, 0.1) is 0 Å². The van der Waals surface area contributed by atoms with Gasteiger partial charge < -0.3 is 20.6 Å². The number of rotatable bonds is 6. The molecule has 0 heterocycles. The predicted molar refractivity (Wildman–Crippen MR) is 76.4 cm³/mol. The monoisotopic (exact) mass is 315 g/mol. The number of likely N-dealkylation sites (N-methyl/N-ethyl adjacent to an activating group) is 1. The molecule has 0 atom stereocenters. The highest BCUT2D eigenvalue weighted by atomic mass is 79.9. The molecule has 6 heteroatoms. The number of oxime groups is 1. The molecule has 18 heavy (non-hydrogen) atoms. The molecule has 0 saturated carbocycles. The van der Waals surface area contributed by atoms with E-state index in [4.69, 9.17) is 15.7 Å².